The van der Waals surface area contributed by atoms with Crippen LogP contribution in [0.1, 0.15) is 70.9 Å². The topological polar surface area (TPSA) is 158 Å². The molecule has 52 heavy (non-hydrogen) atoms. The highest BCUT2D eigenvalue weighted by atomic mass is 35.5. The van der Waals surface area contributed by atoms with Crippen LogP contribution in [0.5, 0.6) is 11.6 Å². The van der Waals surface area contributed by atoms with Crippen molar-refractivity contribution in [2.24, 2.45) is 29.9 Å². The minimum absolute atomic E-state index is 0.0398. The Kier molecular flexibility index (Phi) is 11.2. The first-order valence-electron chi connectivity index (χ1n) is 17.6. The van der Waals surface area contributed by atoms with Gasteiger partial charge in [0.2, 0.25) is 5.88 Å². The summed E-state index contributed by atoms with van der Waals surface area (Å²) in [5, 5.41) is 22.1. The van der Waals surface area contributed by atoms with Gasteiger partial charge in [0.25, 0.3) is 5.91 Å². The van der Waals surface area contributed by atoms with E-state index in [1.54, 1.807) is 13.1 Å². The lowest BCUT2D eigenvalue weighted by Gasteiger charge is -2.45. The van der Waals surface area contributed by atoms with E-state index in [0.717, 1.165) is 42.8 Å². The molecule has 1 aliphatic heterocycles. The highest BCUT2D eigenvalue weighted by Gasteiger charge is 2.44. The van der Waals surface area contributed by atoms with Gasteiger partial charge in [-0.25, -0.2) is 4.79 Å². The van der Waals surface area contributed by atoms with Gasteiger partial charge in [-0.2, -0.15) is 0 Å². The van der Waals surface area contributed by atoms with E-state index in [9.17, 15) is 18.9 Å². The summed E-state index contributed by atoms with van der Waals surface area (Å²) in [5.74, 6) is 5.86. The van der Waals surface area contributed by atoms with E-state index in [0.29, 0.717) is 37.4 Å². The summed E-state index contributed by atoms with van der Waals surface area (Å²) in [6, 6.07) is 11.6. The molecule has 2 heterocycles. The fourth-order valence-corrected chi connectivity index (χ4v) is 9.71. The summed E-state index contributed by atoms with van der Waals surface area (Å²) >= 11 is 6.41. The Hall–Kier alpha value is -4.09. The molecule has 3 aliphatic rings. The standard InChI is InChI=1S/C38H48ClN5O7S/c1-24(21-52(40,48)42-35(46)30-20-43(2)41-36(30)49-3)7-5-9-33(45)29-13-10-27(29)19-44-22-38(16-6-8-25-17-28(39)12-14-31(25)38)23-51-34-15-11-26(18-32(34)44)37(47)50-4/h11-12,14-15,17-18,20,24,27,29,33,45,52H,6-8,10,13,16,19,21-23H2,1-4H3,(H3,40,42,46,48)/t24-,27-,29+,33?,38-/m0/s1. The molecule has 1 saturated carbocycles. The van der Waals surface area contributed by atoms with Crippen molar-refractivity contribution in [3.05, 3.63) is 69.9 Å². The molecule has 0 bridgehead atoms. The summed E-state index contributed by atoms with van der Waals surface area (Å²) in [6.07, 6.45) is 5.67. The second-order valence-electron chi connectivity index (χ2n) is 14.5. The molecule has 6 rings (SSSR count). The van der Waals surface area contributed by atoms with Crippen LogP contribution in [0.25, 0.3) is 0 Å². The number of benzene rings is 2. The lowest BCUT2D eigenvalue weighted by Crippen LogP contribution is -2.49. The lowest BCUT2D eigenvalue weighted by molar-refractivity contribution is 0.0515. The minimum atomic E-state index is -3.55. The molecule has 12 nitrogen and oxygen atoms in total. The number of ether oxygens (including phenoxy) is 3. The molecule has 280 valence electrons. The molecule has 5 atom stereocenters. The second-order valence-corrected chi connectivity index (χ2v) is 17.1. The predicted octanol–water partition coefficient (Wildman–Crippen LogP) is 3.99. The summed E-state index contributed by atoms with van der Waals surface area (Å²) in [7, 11) is 0.867. The maximum Gasteiger partial charge on any atom is 0.337 e. The smallest absolute Gasteiger partial charge is 0.337 e. The van der Waals surface area contributed by atoms with Crippen molar-refractivity contribution in [2.45, 2.75) is 57.0 Å². The first-order valence-corrected chi connectivity index (χ1v) is 20.0. The van der Waals surface area contributed by atoms with Crippen molar-refractivity contribution in [1.29, 1.82) is 0 Å². The third kappa shape index (κ3) is 8.10. The van der Waals surface area contributed by atoms with Gasteiger partial charge in [-0.3, -0.25) is 23.5 Å². The molecule has 14 heteroatoms. The number of fused-ring (bicyclic) bond motifs is 3. The molecule has 4 N–H and O–H groups in total. The Morgan fingerprint density at radius 1 is 1.25 bits per heavy atom. The number of rotatable bonds is 10. The fourth-order valence-electron chi connectivity index (χ4n) is 7.90. The summed E-state index contributed by atoms with van der Waals surface area (Å²) in [6.45, 7) is 3.70. The first kappa shape index (κ1) is 37.7. The normalized spacial score (nSPS) is 22.2. The van der Waals surface area contributed by atoms with Crippen molar-refractivity contribution in [3.63, 3.8) is 0 Å². The van der Waals surface area contributed by atoms with E-state index in [4.69, 9.17) is 31.0 Å². The van der Waals surface area contributed by atoms with Crippen molar-refractivity contribution < 1.29 is 33.1 Å². The van der Waals surface area contributed by atoms with Crippen molar-refractivity contribution in [2.75, 3.05) is 44.6 Å². The van der Waals surface area contributed by atoms with Crippen LogP contribution in [-0.4, -0.2) is 76.7 Å². The third-order valence-corrected chi connectivity index (χ3v) is 12.6. The molecule has 3 aromatic rings. The van der Waals surface area contributed by atoms with Gasteiger partial charge in [0.1, 0.15) is 17.4 Å². The number of aliphatic hydroxyl groups excluding tert-OH is 1. The average molecular weight is 754 g/mol. The minimum Gasteiger partial charge on any atom is -0.490 e. The molecule has 1 fully saturated rings. The van der Waals surface area contributed by atoms with Crippen molar-refractivity contribution in [1.82, 2.24) is 14.5 Å². The SMILES string of the molecule is COC(=O)c1ccc2c(c1)N(C[C@@H]1CC[C@H]1C(O)C#CC[C@H](C)C[SH](N)(=O)NC(=O)c1cn(C)nc1OC)C[C@@]1(CCCc3cc(Cl)ccc31)CO2. The van der Waals surface area contributed by atoms with Crippen LogP contribution in [0, 0.1) is 29.6 Å². The average Bonchev–Trinajstić information content (AvgIpc) is 3.41. The van der Waals surface area contributed by atoms with Crippen LogP contribution in [0.15, 0.2) is 42.6 Å². The Bertz CT molecular complexity index is 1940. The van der Waals surface area contributed by atoms with E-state index < -0.39 is 28.3 Å². The Balaban J connectivity index is 1.14. The number of thiol groups is 1. The van der Waals surface area contributed by atoms with Gasteiger partial charge in [-0.05, 0) is 85.4 Å². The molecular formula is C38H48ClN5O7S. The van der Waals surface area contributed by atoms with Crippen LogP contribution in [0.2, 0.25) is 5.02 Å². The van der Waals surface area contributed by atoms with Gasteiger partial charge in [-0.1, -0.05) is 30.5 Å². The largest absolute Gasteiger partial charge is 0.490 e. The number of aliphatic hydroxyl groups is 1. The van der Waals surface area contributed by atoms with Gasteiger partial charge in [0.15, 0.2) is 0 Å². The molecule has 2 aromatic carbocycles. The van der Waals surface area contributed by atoms with Crippen LogP contribution in [-0.2, 0) is 33.9 Å². The highest BCUT2D eigenvalue weighted by molar-refractivity contribution is 7.99. The van der Waals surface area contributed by atoms with Crippen molar-refractivity contribution in [3.8, 4) is 23.5 Å². The molecule has 2 aliphatic carbocycles. The number of methoxy groups -OCH3 is 2. The first-order chi connectivity index (χ1) is 24.8. The zero-order valence-electron chi connectivity index (χ0n) is 30.1. The number of aromatic nitrogens is 2. The zero-order valence-corrected chi connectivity index (χ0v) is 31.7. The predicted molar refractivity (Wildman–Crippen MR) is 201 cm³/mol. The van der Waals surface area contributed by atoms with E-state index in [1.165, 1.54) is 36.2 Å². The number of hydrogen-bond acceptors (Lipinski definition) is 9. The van der Waals surface area contributed by atoms with E-state index in [1.807, 2.05) is 25.1 Å². The maximum atomic E-state index is 13.1. The summed E-state index contributed by atoms with van der Waals surface area (Å²) in [5.41, 5.74) is 3.64. The number of amides is 1. The number of carbonyl (C=O) groups is 2. The monoisotopic (exact) mass is 753 g/mol. The van der Waals surface area contributed by atoms with Crippen molar-refractivity contribution >= 4 is 39.5 Å². The molecule has 0 saturated heterocycles. The number of halogens is 1. The summed E-state index contributed by atoms with van der Waals surface area (Å²) < 4.78 is 33.7. The molecule has 1 unspecified atom stereocenters. The number of nitrogens with one attached hydrogen (secondary N) is 1. The number of anilines is 1. The molecular weight excluding hydrogens is 706 g/mol. The molecule has 0 radical (unpaired) electrons. The second kappa shape index (κ2) is 15.5. The Labute approximate surface area is 311 Å². The number of aryl methyl sites for hydroxylation is 2. The van der Waals surface area contributed by atoms with E-state index in [-0.39, 0.29) is 40.4 Å². The molecule has 1 spiro atoms. The highest BCUT2D eigenvalue weighted by Crippen LogP contribution is 2.46. The summed E-state index contributed by atoms with van der Waals surface area (Å²) in [4.78, 5) is 27.6. The van der Waals surface area contributed by atoms with Gasteiger partial charge in [0.05, 0.1) is 32.1 Å². The van der Waals surface area contributed by atoms with Crippen LogP contribution >= 0.6 is 11.6 Å². The van der Waals surface area contributed by atoms with Crippen LogP contribution in [0.4, 0.5) is 5.69 Å². The lowest BCUT2D eigenvalue weighted by atomic mass is 9.68. The van der Waals surface area contributed by atoms with Gasteiger partial charge in [0, 0.05) is 65.2 Å². The van der Waals surface area contributed by atoms with Crippen LogP contribution < -0.4 is 24.2 Å². The quantitative estimate of drug-likeness (QED) is 0.137. The Morgan fingerprint density at radius 3 is 2.79 bits per heavy atom. The number of nitrogens with zero attached hydrogens (tertiary/aromatic N) is 3. The fraction of sp³-hybridized carbons (Fsp3) is 0.500. The van der Waals surface area contributed by atoms with Crippen LogP contribution in [0.3, 0.4) is 0 Å². The molecule has 1 aromatic heterocycles. The number of nitrogens with two attached hydrogens (primary N) is 1. The van der Waals surface area contributed by atoms with E-state index >= 15 is 0 Å². The van der Waals surface area contributed by atoms with Gasteiger partial charge >= 0.3 is 5.97 Å². The molecule has 1 amide bonds. The Morgan fingerprint density at radius 2 is 2.06 bits per heavy atom. The maximum absolute atomic E-state index is 13.1. The number of esters is 1. The third-order valence-electron chi connectivity index (χ3n) is 10.6. The van der Waals surface area contributed by atoms with Gasteiger partial charge < -0.3 is 24.2 Å². The van der Waals surface area contributed by atoms with Gasteiger partial charge in [-0.15, -0.1) is 11.0 Å². The number of hydrogen-bond donors (Lipinski definition) is 4. The zero-order chi connectivity index (χ0) is 37.2. The van der Waals surface area contributed by atoms with E-state index in [2.05, 4.69) is 38.7 Å². The number of carbonyl (C=O) groups excluding carboxylic acids is 2.